The largest absolute Gasteiger partial charge is 0.487 e. The van der Waals surface area contributed by atoms with E-state index in [1.807, 2.05) is 6.92 Å². The van der Waals surface area contributed by atoms with E-state index < -0.39 is 10.5 Å². The number of imidazole rings is 1. The van der Waals surface area contributed by atoms with Crippen molar-refractivity contribution in [3.05, 3.63) is 58.3 Å². The van der Waals surface area contributed by atoms with Gasteiger partial charge in [-0.25, -0.2) is 9.07 Å². The van der Waals surface area contributed by atoms with E-state index in [1.54, 1.807) is 27.6 Å². The average molecular weight is 374 g/mol. The van der Waals surface area contributed by atoms with Crippen LogP contribution in [-0.2, 0) is 19.7 Å². The van der Waals surface area contributed by atoms with Crippen LogP contribution < -0.4 is 9.47 Å². The highest BCUT2D eigenvalue weighted by Crippen LogP contribution is 2.31. The maximum absolute atomic E-state index is 13.2. The molecular weight excluding hydrogens is 359 g/mol. The van der Waals surface area contributed by atoms with Gasteiger partial charge in [0, 0.05) is 11.1 Å². The summed E-state index contributed by atoms with van der Waals surface area (Å²) in [6.45, 7) is 2.78. The normalized spacial score (nSPS) is 18.1. The number of nitro groups is 1. The Bertz CT molecular complexity index is 977. The predicted molar refractivity (Wildman–Crippen MR) is 88.7 cm³/mol. The Kier molecular flexibility index (Phi) is 3.98. The average Bonchev–Trinajstić information content (AvgIpc) is 3.26. The van der Waals surface area contributed by atoms with Gasteiger partial charge in [0.05, 0.1) is 19.3 Å². The van der Waals surface area contributed by atoms with Crippen molar-refractivity contribution in [1.29, 1.82) is 0 Å². The second-order valence-corrected chi connectivity index (χ2v) is 6.47. The number of benzene rings is 1. The smallest absolute Gasteiger partial charge is 0.415 e. The molecule has 0 spiro atoms. The van der Waals surface area contributed by atoms with Crippen LogP contribution in [0.1, 0.15) is 12.6 Å². The Morgan fingerprint density at radius 2 is 2.30 bits per heavy atom. The Hall–Kier alpha value is -3.50. The zero-order valence-electron chi connectivity index (χ0n) is 14.3. The second-order valence-electron chi connectivity index (χ2n) is 6.47. The van der Waals surface area contributed by atoms with Crippen LogP contribution in [0.15, 0.2) is 36.7 Å². The molecule has 0 fully saturated rings. The highest BCUT2D eigenvalue weighted by molar-refractivity contribution is 5.24. The quantitative estimate of drug-likeness (QED) is 0.479. The topological polar surface area (TPSA) is 110 Å². The number of nitrogens with zero attached hydrogens (tertiary/aromatic N) is 6. The molecule has 1 atom stereocenters. The lowest BCUT2D eigenvalue weighted by Gasteiger charge is -2.21. The third kappa shape index (κ3) is 3.57. The van der Waals surface area contributed by atoms with E-state index in [2.05, 4.69) is 15.3 Å². The monoisotopic (exact) mass is 374 g/mol. The molecule has 3 aromatic rings. The zero-order chi connectivity index (χ0) is 19.0. The second kappa shape index (κ2) is 6.34. The van der Waals surface area contributed by atoms with Crippen LogP contribution in [0, 0.1) is 15.9 Å². The first kappa shape index (κ1) is 16.9. The fourth-order valence-corrected chi connectivity index (χ4v) is 2.90. The molecule has 27 heavy (non-hydrogen) atoms. The maximum atomic E-state index is 13.2. The van der Waals surface area contributed by atoms with Crippen molar-refractivity contribution in [2.24, 2.45) is 0 Å². The van der Waals surface area contributed by atoms with Crippen molar-refractivity contribution < 1.29 is 18.8 Å². The minimum absolute atomic E-state index is 0.148. The fourth-order valence-electron chi connectivity index (χ4n) is 2.90. The van der Waals surface area contributed by atoms with Crippen LogP contribution in [-0.4, -0.2) is 35.1 Å². The highest BCUT2D eigenvalue weighted by Gasteiger charge is 2.40. The standard InChI is InChI=1S/C16H15FN6O4/c1-16(9-21-7-14(23(24)25)18-15(21)27-16)10-22-6-12(19-20-22)8-26-13-4-2-3-11(17)5-13/h2-7H,8-10H2,1H3/t16-/m1/s1. The molecular formula is C16H15FN6O4. The molecule has 0 aliphatic carbocycles. The van der Waals surface area contributed by atoms with Gasteiger partial charge in [0.15, 0.2) is 0 Å². The van der Waals surface area contributed by atoms with E-state index in [0.29, 0.717) is 24.5 Å². The van der Waals surface area contributed by atoms with E-state index >= 15 is 0 Å². The molecule has 2 aromatic heterocycles. The van der Waals surface area contributed by atoms with Gasteiger partial charge in [0.25, 0.3) is 0 Å². The summed E-state index contributed by atoms with van der Waals surface area (Å²) in [5.41, 5.74) is -0.0829. The number of ether oxygens (including phenoxy) is 2. The molecule has 1 aromatic carbocycles. The van der Waals surface area contributed by atoms with Crippen LogP contribution in [0.3, 0.4) is 0 Å². The number of halogens is 1. The summed E-state index contributed by atoms with van der Waals surface area (Å²) in [7, 11) is 0. The van der Waals surface area contributed by atoms with Gasteiger partial charge in [-0.3, -0.25) is 4.57 Å². The molecule has 0 amide bonds. The predicted octanol–water partition coefficient (Wildman–Crippen LogP) is 1.95. The first-order valence-corrected chi connectivity index (χ1v) is 8.08. The van der Waals surface area contributed by atoms with Gasteiger partial charge in [0.1, 0.15) is 35.7 Å². The van der Waals surface area contributed by atoms with E-state index in [0.717, 1.165) is 0 Å². The Morgan fingerprint density at radius 1 is 1.44 bits per heavy atom. The van der Waals surface area contributed by atoms with E-state index in [4.69, 9.17) is 9.47 Å². The lowest BCUT2D eigenvalue weighted by Crippen LogP contribution is -2.36. The Balaban J connectivity index is 1.37. The molecule has 4 rings (SSSR count). The maximum Gasteiger partial charge on any atom is 0.415 e. The number of fused-ring (bicyclic) bond motifs is 1. The molecule has 1 aliphatic rings. The molecule has 0 saturated carbocycles. The molecule has 1 aliphatic heterocycles. The number of rotatable bonds is 6. The van der Waals surface area contributed by atoms with E-state index in [1.165, 1.54) is 18.3 Å². The molecule has 0 unspecified atom stereocenters. The van der Waals surface area contributed by atoms with Crippen LogP contribution in [0.4, 0.5) is 10.2 Å². The number of hydrogen-bond donors (Lipinski definition) is 0. The minimum Gasteiger partial charge on any atom is -0.487 e. The van der Waals surface area contributed by atoms with E-state index in [-0.39, 0.29) is 24.3 Å². The Labute approximate surface area is 152 Å². The van der Waals surface area contributed by atoms with Gasteiger partial charge in [-0.1, -0.05) is 11.3 Å². The molecule has 0 saturated heterocycles. The SMILES string of the molecule is C[C@]1(Cn2cc(COc3cccc(F)c3)nn2)Cn2cc([N+](=O)[O-])nc2O1. The van der Waals surface area contributed by atoms with Crippen molar-refractivity contribution in [2.75, 3.05) is 0 Å². The molecule has 0 bridgehead atoms. The summed E-state index contributed by atoms with van der Waals surface area (Å²) in [6, 6.07) is 6.05. The summed E-state index contributed by atoms with van der Waals surface area (Å²) >= 11 is 0. The van der Waals surface area contributed by atoms with Gasteiger partial charge >= 0.3 is 11.8 Å². The van der Waals surface area contributed by atoms with Gasteiger partial charge in [0.2, 0.25) is 0 Å². The first-order chi connectivity index (χ1) is 12.9. The van der Waals surface area contributed by atoms with E-state index in [9.17, 15) is 14.5 Å². The lowest BCUT2D eigenvalue weighted by atomic mass is 10.1. The third-order valence-electron chi connectivity index (χ3n) is 4.02. The molecule has 3 heterocycles. The summed E-state index contributed by atoms with van der Waals surface area (Å²) in [5.74, 6) is -0.215. The van der Waals surface area contributed by atoms with Crippen molar-refractivity contribution in [2.45, 2.75) is 32.2 Å². The number of aromatic nitrogens is 5. The van der Waals surface area contributed by atoms with Crippen LogP contribution in [0.5, 0.6) is 11.8 Å². The zero-order valence-corrected chi connectivity index (χ0v) is 14.3. The summed E-state index contributed by atoms with van der Waals surface area (Å²) in [5, 5.41) is 18.8. The molecule has 0 N–H and O–H groups in total. The Morgan fingerprint density at radius 3 is 3.04 bits per heavy atom. The van der Waals surface area contributed by atoms with Crippen LogP contribution >= 0.6 is 0 Å². The van der Waals surface area contributed by atoms with Gasteiger partial charge < -0.3 is 19.6 Å². The molecule has 10 nitrogen and oxygen atoms in total. The summed E-state index contributed by atoms with van der Waals surface area (Å²) in [4.78, 5) is 14.1. The van der Waals surface area contributed by atoms with Crippen LogP contribution in [0.2, 0.25) is 0 Å². The summed E-state index contributed by atoms with van der Waals surface area (Å²) in [6.07, 6.45) is 3.05. The van der Waals surface area contributed by atoms with Crippen molar-refractivity contribution in [3.8, 4) is 11.8 Å². The van der Waals surface area contributed by atoms with Gasteiger partial charge in [-0.15, -0.1) is 5.10 Å². The van der Waals surface area contributed by atoms with Crippen molar-refractivity contribution >= 4 is 5.82 Å². The highest BCUT2D eigenvalue weighted by atomic mass is 19.1. The first-order valence-electron chi connectivity index (χ1n) is 8.08. The van der Waals surface area contributed by atoms with Crippen molar-refractivity contribution in [1.82, 2.24) is 24.5 Å². The van der Waals surface area contributed by atoms with Crippen LogP contribution in [0.25, 0.3) is 0 Å². The minimum atomic E-state index is -0.661. The molecule has 11 heteroatoms. The summed E-state index contributed by atoms with van der Waals surface area (Å²) < 4.78 is 27.6. The molecule has 0 radical (unpaired) electrons. The van der Waals surface area contributed by atoms with Gasteiger partial charge in [-0.05, 0) is 24.0 Å². The van der Waals surface area contributed by atoms with Crippen molar-refractivity contribution in [3.63, 3.8) is 0 Å². The number of hydrogen-bond acceptors (Lipinski definition) is 7. The van der Waals surface area contributed by atoms with Gasteiger partial charge in [-0.2, -0.15) is 0 Å². The lowest BCUT2D eigenvalue weighted by molar-refractivity contribution is -0.389. The third-order valence-corrected chi connectivity index (χ3v) is 4.02. The molecule has 140 valence electrons. The fraction of sp³-hybridized carbons (Fsp3) is 0.312.